The van der Waals surface area contributed by atoms with Crippen molar-refractivity contribution < 1.29 is 35.2 Å². The second-order valence-corrected chi connectivity index (χ2v) is 10.7. The molecule has 0 aliphatic carbocycles. The minimum Gasteiger partial charge on any atom is -0.350 e. The van der Waals surface area contributed by atoms with Crippen LogP contribution in [0.5, 0.6) is 0 Å². The number of amides is 1. The molecule has 0 bridgehead atoms. The van der Waals surface area contributed by atoms with E-state index >= 15 is 0 Å². The highest BCUT2D eigenvalue weighted by atomic mass is 32.2. The number of hydrogen-bond donors (Lipinski definition) is 1. The lowest BCUT2D eigenvalue weighted by Crippen LogP contribution is -2.56. The average molecular weight is 555 g/mol. The normalized spacial score (nSPS) is 18.5. The van der Waals surface area contributed by atoms with Gasteiger partial charge >= 0.3 is 6.18 Å². The van der Waals surface area contributed by atoms with Crippen LogP contribution in [-0.4, -0.2) is 40.7 Å². The maximum absolute atomic E-state index is 14.3. The summed E-state index contributed by atoms with van der Waals surface area (Å²) >= 11 is 0. The van der Waals surface area contributed by atoms with Crippen molar-refractivity contribution in [2.45, 2.75) is 49.3 Å². The summed E-state index contributed by atoms with van der Waals surface area (Å²) in [5.74, 6) is -3.20. The van der Waals surface area contributed by atoms with Gasteiger partial charge in [0.1, 0.15) is 17.2 Å². The highest BCUT2D eigenvalue weighted by molar-refractivity contribution is 7.89. The van der Waals surface area contributed by atoms with Crippen LogP contribution in [0.1, 0.15) is 37.6 Å². The summed E-state index contributed by atoms with van der Waals surface area (Å²) < 4.78 is 93.7. The fourth-order valence-electron chi connectivity index (χ4n) is 4.57. The van der Waals surface area contributed by atoms with Crippen molar-refractivity contribution >= 4 is 15.9 Å². The molecule has 4 rings (SSSR count). The van der Waals surface area contributed by atoms with Crippen molar-refractivity contribution in [2.24, 2.45) is 0 Å². The molecule has 3 aromatic rings. The number of halogens is 5. The quantitative estimate of drug-likeness (QED) is 0.428. The monoisotopic (exact) mass is 554 g/mol. The predicted octanol–water partition coefficient (Wildman–Crippen LogP) is 4.69. The molecule has 38 heavy (non-hydrogen) atoms. The third-order valence-corrected chi connectivity index (χ3v) is 8.47. The Bertz CT molecular complexity index is 1430. The minimum atomic E-state index is -4.72. The number of benzene rings is 2. The van der Waals surface area contributed by atoms with Crippen molar-refractivity contribution in [3.63, 3.8) is 0 Å². The number of aromatic nitrogens is 2. The number of carbonyl (C=O) groups is 1. The van der Waals surface area contributed by atoms with Crippen LogP contribution in [0.2, 0.25) is 0 Å². The SMILES string of the molecule is CCC1(C(=O)NCc2cc(F)cc(-c3cnc(C(F)(F)F)nc3)c2)CCCN1S(=O)(=O)c1ccc(F)cc1. The maximum atomic E-state index is 14.3. The minimum absolute atomic E-state index is 0.0962. The zero-order valence-corrected chi connectivity index (χ0v) is 20.9. The van der Waals surface area contributed by atoms with Crippen molar-refractivity contribution in [2.75, 3.05) is 6.54 Å². The summed E-state index contributed by atoms with van der Waals surface area (Å²) in [5, 5.41) is 2.68. The molecular weight excluding hydrogens is 531 g/mol. The number of rotatable bonds is 7. The number of alkyl halides is 3. The summed E-state index contributed by atoms with van der Waals surface area (Å²) in [4.78, 5) is 19.8. The fraction of sp³-hybridized carbons (Fsp3) is 0.320. The molecule has 0 radical (unpaired) electrons. The van der Waals surface area contributed by atoms with Crippen molar-refractivity contribution in [3.8, 4) is 11.1 Å². The van der Waals surface area contributed by atoms with Crippen molar-refractivity contribution in [3.05, 3.63) is 77.9 Å². The number of nitrogens with zero attached hydrogens (tertiary/aromatic N) is 3. The molecule has 1 amide bonds. The van der Waals surface area contributed by atoms with E-state index < -0.39 is 45.1 Å². The van der Waals surface area contributed by atoms with Crippen LogP contribution in [0.25, 0.3) is 11.1 Å². The van der Waals surface area contributed by atoms with E-state index in [1.54, 1.807) is 6.92 Å². The molecule has 2 aromatic carbocycles. The second-order valence-electron chi connectivity index (χ2n) is 8.84. The van der Waals surface area contributed by atoms with Gasteiger partial charge in [-0.1, -0.05) is 6.92 Å². The highest BCUT2D eigenvalue weighted by Crippen LogP contribution is 2.37. The molecule has 1 N–H and O–H groups in total. The molecule has 7 nitrogen and oxygen atoms in total. The molecular formula is C25H23F5N4O3S. The summed E-state index contributed by atoms with van der Waals surface area (Å²) in [5.41, 5.74) is -0.757. The predicted molar refractivity (Wildman–Crippen MR) is 127 cm³/mol. The zero-order valence-electron chi connectivity index (χ0n) is 20.1. The number of sulfonamides is 1. The van der Waals surface area contributed by atoms with Gasteiger partial charge in [-0.15, -0.1) is 0 Å². The highest BCUT2D eigenvalue weighted by Gasteiger charge is 2.51. The van der Waals surface area contributed by atoms with E-state index in [-0.39, 0.29) is 42.0 Å². The Labute approximate surface area is 215 Å². The number of carbonyl (C=O) groups excluding carboxylic acids is 1. The van der Waals surface area contributed by atoms with Gasteiger partial charge in [-0.25, -0.2) is 27.2 Å². The smallest absolute Gasteiger partial charge is 0.350 e. The molecule has 13 heteroatoms. The van der Waals surface area contributed by atoms with Crippen LogP contribution in [0.15, 0.2) is 59.8 Å². The van der Waals surface area contributed by atoms with E-state index in [9.17, 15) is 35.2 Å². The van der Waals surface area contributed by atoms with Gasteiger partial charge < -0.3 is 5.32 Å². The molecule has 1 fully saturated rings. The van der Waals surface area contributed by atoms with Crippen molar-refractivity contribution in [1.82, 2.24) is 19.6 Å². The lowest BCUT2D eigenvalue weighted by molar-refractivity contribution is -0.145. The first-order valence-corrected chi connectivity index (χ1v) is 13.1. The molecule has 0 saturated carbocycles. The fourth-order valence-corrected chi connectivity index (χ4v) is 6.44. The van der Waals surface area contributed by atoms with Gasteiger partial charge in [0.2, 0.25) is 21.8 Å². The summed E-state index contributed by atoms with van der Waals surface area (Å²) in [6.45, 7) is 1.61. The molecule has 1 atom stereocenters. The Morgan fingerprint density at radius 1 is 1.03 bits per heavy atom. The lowest BCUT2D eigenvalue weighted by Gasteiger charge is -2.35. The van der Waals surface area contributed by atoms with Gasteiger partial charge in [-0.2, -0.15) is 17.5 Å². The van der Waals surface area contributed by atoms with Crippen LogP contribution in [0, 0.1) is 11.6 Å². The van der Waals surface area contributed by atoms with Gasteiger partial charge in [-0.05, 0) is 72.9 Å². The van der Waals surface area contributed by atoms with Gasteiger partial charge in [0.15, 0.2) is 0 Å². The Morgan fingerprint density at radius 2 is 1.68 bits per heavy atom. The molecule has 0 spiro atoms. The van der Waals surface area contributed by atoms with E-state index in [0.717, 1.165) is 53.1 Å². The summed E-state index contributed by atoms with van der Waals surface area (Å²) in [6, 6.07) is 8.05. The number of nitrogens with one attached hydrogen (secondary N) is 1. The largest absolute Gasteiger partial charge is 0.451 e. The molecule has 1 aliphatic heterocycles. The summed E-state index contributed by atoms with van der Waals surface area (Å²) in [7, 11) is -4.11. The van der Waals surface area contributed by atoms with Gasteiger partial charge in [0.05, 0.1) is 4.90 Å². The maximum Gasteiger partial charge on any atom is 0.451 e. The van der Waals surface area contributed by atoms with Crippen LogP contribution in [0.3, 0.4) is 0 Å². The second kappa shape index (κ2) is 10.4. The molecule has 1 aliphatic rings. The first-order chi connectivity index (χ1) is 17.9. The van der Waals surface area contributed by atoms with Crippen LogP contribution >= 0.6 is 0 Å². The number of hydrogen-bond acceptors (Lipinski definition) is 5. The van der Waals surface area contributed by atoms with E-state index in [0.29, 0.717) is 12.0 Å². The Kier molecular flexibility index (Phi) is 7.53. The Balaban J connectivity index is 1.55. The Morgan fingerprint density at radius 3 is 2.29 bits per heavy atom. The first kappa shape index (κ1) is 27.6. The molecule has 1 aromatic heterocycles. The standard InChI is InChI=1S/C25H23F5N4O3S/c1-2-24(8-3-9-34(24)38(36,37)21-6-4-19(26)5-7-21)23(35)33-13-16-10-17(12-20(27)11-16)18-14-31-22(32-15-18)25(28,29)30/h4-7,10-12,14-15H,2-3,8-9,13H2,1H3,(H,33,35). The first-order valence-electron chi connectivity index (χ1n) is 11.6. The summed E-state index contributed by atoms with van der Waals surface area (Å²) in [6.07, 6.45) is -2.02. The van der Waals surface area contributed by atoms with E-state index in [4.69, 9.17) is 0 Å². The van der Waals surface area contributed by atoms with E-state index in [1.165, 1.54) is 6.07 Å². The third kappa shape index (κ3) is 5.39. The van der Waals surface area contributed by atoms with E-state index in [1.807, 2.05) is 0 Å². The van der Waals surface area contributed by atoms with Gasteiger partial charge in [0, 0.05) is 31.0 Å². The molecule has 1 saturated heterocycles. The van der Waals surface area contributed by atoms with Crippen LogP contribution in [0.4, 0.5) is 22.0 Å². The molecule has 1 unspecified atom stereocenters. The van der Waals surface area contributed by atoms with Crippen molar-refractivity contribution in [1.29, 1.82) is 0 Å². The lowest BCUT2D eigenvalue weighted by atomic mass is 9.93. The zero-order chi connectivity index (χ0) is 27.7. The topological polar surface area (TPSA) is 92.3 Å². The average Bonchev–Trinajstić information content (AvgIpc) is 3.33. The van der Waals surface area contributed by atoms with Gasteiger partial charge in [-0.3, -0.25) is 4.79 Å². The third-order valence-electron chi connectivity index (χ3n) is 6.49. The van der Waals surface area contributed by atoms with Gasteiger partial charge in [0.25, 0.3) is 0 Å². The Hall–Kier alpha value is -3.45. The molecule has 2 heterocycles. The van der Waals surface area contributed by atoms with Crippen LogP contribution in [-0.2, 0) is 27.5 Å². The molecule has 202 valence electrons. The van der Waals surface area contributed by atoms with E-state index in [2.05, 4.69) is 15.3 Å². The van der Waals surface area contributed by atoms with Crippen LogP contribution < -0.4 is 5.32 Å².